The maximum absolute atomic E-state index is 5.48. The second kappa shape index (κ2) is 3.23. The van der Waals surface area contributed by atoms with E-state index in [4.69, 9.17) is 12.2 Å². The molecule has 0 fully saturated rings. The molecular formula is C10H11N. The summed E-state index contributed by atoms with van der Waals surface area (Å²) in [6.45, 7) is 2.53. The van der Waals surface area contributed by atoms with Crippen molar-refractivity contribution in [3.8, 4) is 12.3 Å². The maximum atomic E-state index is 5.48. The van der Waals surface area contributed by atoms with Gasteiger partial charge in [-0.1, -0.05) is 18.1 Å². The van der Waals surface area contributed by atoms with Gasteiger partial charge in [0.25, 0.3) is 0 Å². The number of benzene rings is 1. The summed E-state index contributed by atoms with van der Waals surface area (Å²) in [6.07, 6.45) is 5.29. The van der Waals surface area contributed by atoms with Crippen molar-refractivity contribution < 1.29 is 0 Å². The molecule has 0 aromatic heterocycles. The van der Waals surface area contributed by atoms with Crippen molar-refractivity contribution in [1.29, 1.82) is 0 Å². The van der Waals surface area contributed by atoms with E-state index in [2.05, 4.69) is 5.92 Å². The zero-order valence-corrected chi connectivity index (χ0v) is 6.59. The van der Waals surface area contributed by atoms with Crippen molar-refractivity contribution in [3.63, 3.8) is 0 Å². The zero-order chi connectivity index (χ0) is 8.27. The molecule has 0 radical (unpaired) electrons. The molecule has 0 aliphatic carbocycles. The van der Waals surface area contributed by atoms with E-state index in [1.54, 1.807) is 0 Å². The molecule has 1 aromatic carbocycles. The van der Waals surface area contributed by atoms with E-state index in [1.807, 2.05) is 25.1 Å². The number of rotatable bonds is 1. The minimum atomic E-state index is 0.514. The van der Waals surface area contributed by atoms with Gasteiger partial charge < -0.3 is 5.73 Å². The Balaban J connectivity index is 3.19. The minimum absolute atomic E-state index is 0.514. The molecule has 1 heteroatoms. The Hall–Kier alpha value is -1.26. The van der Waals surface area contributed by atoms with Gasteiger partial charge in [-0.15, -0.1) is 6.42 Å². The lowest BCUT2D eigenvalue weighted by Crippen LogP contribution is -1.99. The molecule has 0 saturated heterocycles. The van der Waals surface area contributed by atoms with Crippen molar-refractivity contribution in [2.75, 3.05) is 0 Å². The molecule has 1 nitrogen and oxygen atoms in total. The molecule has 1 aromatic rings. The fraction of sp³-hybridized carbons (Fsp3) is 0.200. The van der Waals surface area contributed by atoms with Crippen LogP contribution in [0, 0.1) is 19.3 Å². The number of hydrogen-bond donors (Lipinski definition) is 1. The average Bonchev–Trinajstić information content (AvgIpc) is 2.04. The zero-order valence-electron chi connectivity index (χ0n) is 6.59. The monoisotopic (exact) mass is 145 g/mol. The molecule has 0 unspecified atom stereocenters. The molecule has 56 valence electrons. The van der Waals surface area contributed by atoms with E-state index in [1.165, 1.54) is 5.56 Å². The first-order valence-corrected chi connectivity index (χ1v) is 3.54. The number of aryl methyl sites for hydroxylation is 1. The summed E-state index contributed by atoms with van der Waals surface area (Å²) in [6, 6.07) is 5.97. The summed E-state index contributed by atoms with van der Waals surface area (Å²) in [5, 5.41) is 0. The molecule has 0 spiro atoms. The summed E-state index contributed by atoms with van der Waals surface area (Å²) >= 11 is 0. The van der Waals surface area contributed by atoms with Crippen molar-refractivity contribution in [2.45, 2.75) is 13.5 Å². The largest absolute Gasteiger partial charge is 0.326 e. The fourth-order valence-corrected chi connectivity index (χ4v) is 1.00. The third kappa shape index (κ3) is 1.60. The molecule has 0 aliphatic heterocycles. The van der Waals surface area contributed by atoms with Gasteiger partial charge in [-0.25, -0.2) is 0 Å². The fourth-order valence-electron chi connectivity index (χ4n) is 1.00. The molecule has 0 bridgehead atoms. The van der Waals surface area contributed by atoms with E-state index < -0.39 is 0 Å². The van der Waals surface area contributed by atoms with E-state index >= 15 is 0 Å². The lowest BCUT2D eigenvalue weighted by Gasteiger charge is -2.01. The van der Waals surface area contributed by atoms with Crippen LogP contribution in [0.25, 0.3) is 0 Å². The van der Waals surface area contributed by atoms with Crippen molar-refractivity contribution in [3.05, 3.63) is 34.9 Å². The Morgan fingerprint density at radius 3 is 2.82 bits per heavy atom. The van der Waals surface area contributed by atoms with Crippen molar-refractivity contribution in [1.82, 2.24) is 0 Å². The molecule has 0 heterocycles. The third-order valence-electron chi connectivity index (χ3n) is 1.64. The third-order valence-corrected chi connectivity index (χ3v) is 1.64. The molecule has 0 atom stereocenters. The Labute approximate surface area is 67.2 Å². The van der Waals surface area contributed by atoms with Crippen LogP contribution in [0.5, 0.6) is 0 Å². The number of terminal acetylenes is 1. The van der Waals surface area contributed by atoms with Gasteiger partial charge in [0.05, 0.1) is 0 Å². The summed E-state index contributed by atoms with van der Waals surface area (Å²) in [4.78, 5) is 0. The highest BCUT2D eigenvalue weighted by atomic mass is 14.5. The smallest absolute Gasteiger partial charge is 0.0290 e. The lowest BCUT2D eigenvalue weighted by atomic mass is 10.1. The second-order valence-electron chi connectivity index (χ2n) is 2.51. The van der Waals surface area contributed by atoms with Crippen LogP contribution in [0.3, 0.4) is 0 Å². The highest BCUT2D eigenvalue weighted by Crippen LogP contribution is 2.09. The first-order chi connectivity index (χ1) is 5.27. The van der Waals surface area contributed by atoms with E-state index in [-0.39, 0.29) is 0 Å². The number of hydrogen-bond acceptors (Lipinski definition) is 1. The van der Waals surface area contributed by atoms with Gasteiger partial charge in [-0.3, -0.25) is 0 Å². The van der Waals surface area contributed by atoms with Gasteiger partial charge in [0, 0.05) is 12.1 Å². The first-order valence-electron chi connectivity index (χ1n) is 3.54. The molecular weight excluding hydrogens is 134 g/mol. The molecule has 1 rings (SSSR count). The summed E-state index contributed by atoms with van der Waals surface area (Å²) in [7, 11) is 0. The van der Waals surface area contributed by atoms with Crippen molar-refractivity contribution >= 4 is 0 Å². The first kappa shape index (κ1) is 7.84. The minimum Gasteiger partial charge on any atom is -0.326 e. The van der Waals surface area contributed by atoms with Gasteiger partial charge >= 0.3 is 0 Å². The quantitative estimate of drug-likeness (QED) is 0.594. The SMILES string of the molecule is C#Cc1cc(C)ccc1CN. The number of nitrogens with two attached hydrogens (primary N) is 1. The Bertz CT molecular complexity index is 294. The van der Waals surface area contributed by atoms with Crippen LogP contribution in [0.1, 0.15) is 16.7 Å². The van der Waals surface area contributed by atoms with Crippen molar-refractivity contribution in [2.24, 2.45) is 5.73 Å². The lowest BCUT2D eigenvalue weighted by molar-refractivity contribution is 1.06. The van der Waals surface area contributed by atoms with Crippen LogP contribution in [-0.2, 0) is 6.54 Å². The van der Waals surface area contributed by atoms with Crippen LogP contribution in [0.2, 0.25) is 0 Å². The standard InChI is InChI=1S/C10H11N/c1-3-9-6-8(2)4-5-10(9)7-11/h1,4-6H,7,11H2,2H3. The Morgan fingerprint density at radius 1 is 1.55 bits per heavy atom. The van der Waals surface area contributed by atoms with E-state index in [9.17, 15) is 0 Å². The van der Waals surface area contributed by atoms with E-state index in [0.717, 1.165) is 11.1 Å². The van der Waals surface area contributed by atoms with Gasteiger partial charge in [0.15, 0.2) is 0 Å². The van der Waals surface area contributed by atoms with Crippen LogP contribution >= 0.6 is 0 Å². The summed E-state index contributed by atoms with van der Waals surface area (Å²) in [5.74, 6) is 2.61. The van der Waals surface area contributed by atoms with Gasteiger partial charge in [-0.05, 0) is 24.1 Å². The predicted molar refractivity (Wildman–Crippen MR) is 47.0 cm³/mol. The molecule has 0 amide bonds. The molecule has 2 N–H and O–H groups in total. The average molecular weight is 145 g/mol. The van der Waals surface area contributed by atoms with Crippen LogP contribution in [0.4, 0.5) is 0 Å². The normalized spacial score (nSPS) is 9.18. The van der Waals surface area contributed by atoms with Gasteiger partial charge in [-0.2, -0.15) is 0 Å². The van der Waals surface area contributed by atoms with E-state index in [0.29, 0.717) is 6.54 Å². The predicted octanol–water partition coefficient (Wildman–Crippen LogP) is 1.44. The maximum Gasteiger partial charge on any atom is 0.0290 e. The molecule has 11 heavy (non-hydrogen) atoms. The van der Waals surface area contributed by atoms with Crippen LogP contribution in [0.15, 0.2) is 18.2 Å². The van der Waals surface area contributed by atoms with Crippen LogP contribution in [-0.4, -0.2) is 0 Å². The molecule has 0 saturated carbocycles. The highest BCUT2D eigenvalue weighted by molar-refractivity contribution is 5.42. The second-order valence-corrected chi connectivity index (χ2v) is 2.51. The summed E-state index contributed by atoms with van der Waals surface area (Å²) < 4.78 is 0. The molecule has 0 aliphatic rings. The Kier molecular flexibility index (Phi) is 2.30. The Morgan fingerprint density at radius 2 is 2.27 bits per heavy atom. The topological polar surface area (TPSA) is 26.0 Å². The van der Waals surface area contributed by atoms with Gasteiger partial charge in [0.1, 0.15) is 0 Å². The van der Waals surface area contributed by atoms with Gasteiger partial charge in [0.2, 0.25) is 0 Å². The highest BCUT2D eigenvalue weighted by Gasteiger charge is 1.96. The summed E-state index contributed by atoms with van der Waals surface area (Å²) in [5.41, 5.74) is 8.61. The van der Waals surface area contributed by atoms with Crippen LogP contribution < -0.4 is 5.73 Å².